The Morgan fingerprint density at radius 3 is 2.28 bits per heavy atom. The van der Waals surface area contributed by atoms with Gasteiger partial charge in [0.2, 0.25) is 0 Å². The second-order valence-electron chi connectivity index (χ2n) is 3.58. The third-order valence-corrected chi connectivity index (χ3v) is 2.37. The second kappa shape index (κ2) is 5.41. The molecule has 0 atom stereocenters. The van der Waals surface area contributed by atoms with Crippen LogP contribution in [0.5, 0.6) is 0 Å². The number of hydrogen-bond donors (Lipinski definition) is 1. The highest BCUT2D eigenvalue weighted by atomic mass is 16.6. The summed E-state index contributed by atoms with van der Waals surface area (Å²) in [6, 6.07) is -0.777. The maximum atomic E-state index is 11.7. The van der Waals surface area contributed by atoms with Crippen molar-refractivity contribution in [2.24, 2.45) is 5.92 Å². The fourth-order valence-corrected chi connectivity index (χ4v) is 1.36. The first-order valence-corrected chi connectivity index (χ1v) is 5.03. The Balaban J connectivity index is 2.83. The molecular formula is C10H13N3O5. The number of carbonyl (C=O) groups is 4. The van der Waals surface area contributed by atoms with Gasteiger partial charge in [0.15, 0.2) is 5.92 Å². The quantitative estimate of drug-likeness (QED) is 0.297. The molecule has 8 nitrogen and oxygen atoms in total. The molecule has 0 aromatic rings. The van der Waals surface area contributed by atoms with Crippen LogP contribution in [-0.2, 0) is 19.2 Å². The topological polar surface area (TPSA) is 96.0 Å². The summed E-state index contributed by atoms with van der Waals surface area (Å²) in [5.41, 5.74) is 1.95. The minimum Gasteiger partial charge on any atom is -0.273 e. The fourth-order valence-electron chi connectivity index (χ4n) is 1.36. The lowest BCUT2D eigenvalue weighted by Gasteiger charge is -2.31. The number of barbiturate groups is 1. The summed E-state index contributed by atoms with van der Waals surface area (Å²) >= 11 is 0. The van der Waals surface area contributed by atoms with Crippen molar-refractivity contribution in [1.82, 2.24) is 15.3 Å². The van der Waals surface area contributed by atoms with Gasteiger partial charge in [-0.1, -0.05) is 6.08 Å². The van der Waals surface area contributed by atoms with E-state index in [4.69, 9.17) is 0 Å². The third-order valence-electron chi connectivity index (χ3n) is 2.37. The predicted octanol–water partition coefficient (Wildman–Crippen LogP) is -1.11. The Labute approximate surface area is 103 Å². The number of amides is 5. The standard InChI is InChI=1S/C10H13N3O5/c1-4-5-18-11-7(14)6-8(15)12(2)10(17)13(3)9(6)16/h4,6H,1,5H2,2-3H3,(H,11,14). The van der Waals surface area contributed by atoms with Crippen LogP contribution in [0.1, 0.15) is 0 Å². The largest absolute Gasteiger partial charge is 0.332 e. The number of nitrogens with one attached hydrogen (secondary N) is 1. The van der Waals surface area contributed by atoms with Crippen LogP contribution < -0.4 is 5.48 Å². The number of urea groups is 1. The monoisotopic (exact) mass is 255 g/mol. The van der Waals surface area contributed by atoms with Gasteiger partial charge in [-0.3, -0.25) is 29.0 Å². The number of hydroxylamine groups is 1. The lowest BCUT2D eigenvalue weighted by atomic mass is 10.0. The van der Waals surface area contributed by atoms with Crippen LogP contribution in [0.2, 0.25) is 0 Å². The van der Waals surface area contributed by atoms with Gasteiger partial charge in [0, 0.05) is 14.1 Å². The third kappa shape index (κ3) is 2.38. The van der Waals surface area contributed by atoms with Gasteiger partial charge < -0.3 is 0 Å². The molecule has 98 valence electrons. The molecule has 0 aromatic heterocycles. The van der Waals surface area contributed by atoms with E-state index in [0.29, 0.717) is 9.80 Å². The summed E-state index contributed by atoms with van der Waals surface area (Å²) < 4.78 is 0. The number of hydrogen-bond acceptors (Lipinski definition) is 5. The van der Waals surface area contributed by atoms with E-state index in [1.807, 2.05) is 5.48 Å². The molecule has 0 radical (unpaired) electrons. The second-order valence-corrected chi connectivity index (χ2v) is 3.58. The van der Waals surface area contributed by atoms with E-state index < -0.39 is 29.7 Å². The first-order valence-electron chi connectivity index (χ1n) is 5.03. The first kappa shape index (κ1) is 13.8. The molecule has 1 fully saturated rings. The lowest BCUT2D eigenvalue weighted by molar-refractivity contribution is -0.156. The van der Waals surface area contributed by atoms with Crippen molar-refractivity contribution in [3.05, 3.63) is 12.7 Å². The van der Waals surface area contributed by atoms with Crippen molar-refractivity contribution in [3.63, 3.8) is 0 Å². The molecule has 0 saturated carbocycles. The SMILES string of the molecule is C=CCONC(=O)C1C(=O)N(C)C(=O)N(C)C1=O. The molecule has 1 aliphatic rings. The molecule has 1 N–H and O–H groups in total. The molecule has 8 heteroatoms. The summed E-state index contributed by atoms with van der Waals surface area (Å²) in [4.78, 5) is 52.5. The van der Waals surface area contributed by atoms with Gasteiger partial charge in [-0.25, -0.2) is 10.3 Å². The molecule has 0 spiro atoms. The molecule has 1 saturated heterocycles. The van der Waals surface area contributed by atoms with E-state index >= 15 is 0 Å². The summed E-state index contributed by atoms with van der Waals surface area (Å²) in [5.74, 6) is -4.30. The fraction of sp³-hybridized carbons (Fsp3) is 0.400. The zero-order valence-electron chi connectivity index (χ0n) is 10.0. The van der Waals surface area contributed by atoms with E-state index in [1.165, 1.54) is 20.2 Å². The molecule has 5 amide bonds. The van der Waals surface area contributed by atoms with Crippen LogP contribution in [0.25, 0.3) is 0 Å². The van der Waals surface area contributed by atoms with Crippen LogP contribution >= 0.6 is 0 Å². The molecule has 1 rings (SSSR count). The number of nitrogens with zero attached hydrogens (tertiary/aromatic N) is 2. The van der Waals surface area contributed by atoms with Crippen LogP contribution in [0.15, 0.2) is 12.7 Å². The summed E-state index contributed by atoms with van der Waals surface area (Å²) in [5, 5.41) is 0. The highest BCUT2D eigenvalue weighted by molar-refractivity contribution is 6.25. The Morgan fingerprint density at radius 2 is 1.83 bits per heavy atom. The van der Waals surface area contributed by atoms with Crippen molar-refractivity contribution in [2.45, 2.75) is 0 Å². The minimum atomic E-state index is -1.61. The molecule has 1 aliphatic heterocycles. The first-order chi connectivity index (χ1) is 8.41. The zero-order chi connectivity index (χ0) is 13.9. The van der Waals surface area contributed by atoms with Crippen molar-refractivity contribution < 1.29 is 24.0 Å². The molecule has 1 heterocycles. The van der Waals surface area contributed by atoms with Gasteiger partial charge in [0.05, 0.1) is 6.61 Å². The average Bonchev–Trinajstić information content (AvgIpc) is 2.34. The zero-order valence-corrected chi connectivity index (χ0v) is 10.0. The number of carbonyl (C=O) groups excluding carboxylic acids is 4. The van der Waals surface area contributed by atoms with E-state index in [-0.39, 0.29) is 6.61 Å². The van der Waals surface area contributed by atoms with E-state index in [1.54, 1.807) is 0 Å². The average molecular weight is 255 g/mol. The van der Waals surface area contributed by atoms with Crippen LogP contribution in [0, 0.1) is 5.92 Å². The maximum Gasteiger partial charge on any atom is 0.332 e. The Kier molecular flexibility index (Phi) is 4.16. The van der Waals surface area contributed by atoms with Gasteiger partial charge in [-0.15, -0.1) is 6.58 Å². The highest BCUT2D eigenvalue weighted by Crippen LogP contribution is 2.15. The molecule has 0 aromatic carbocycles. The van der Waals surface area contributed by atoms with Crippen LogP contribution in [0.3, 0.4) is 0 Å². The summed E-state index contributed by atoms with van der Waals surface area (Å²) in [7, 11) is 2.39. The summed E-state index contributed by atoms with van der Waals surface area (Å²) in [6.45, 7) is 3.40. The number of rotatable bonds is 4. The smallest absolute Gasteiger partial charge is 0.273 e. The van der Waals surface area contributed by atoms with E-state index in [9.17, 15) is 19.2 Å². The molecular weight excluding hydrogens is 242 g/mol. The van der Waals surface area contributed by atoms with Crippen molar-refractivity contribution in [3.8, 4) is 0 Å². The van der Waals surface area contributed by atoms with Gasteiger partial charge in [-0.05, 0) is 0 Å². The predicted molar refractivity (Wildman–Crippen MR) is 58.7 cm³/mol. The van der Waals surface area contributed by atoms with Crippen molar-refractivity contribution >= 4 is 23.8 Å². The van der Waals surface area contributed by atoms with Gasteiger partial charge in [0.1, 0.15) is 0 Å². The van der Waals surface area contributed by atoms with Gasteiger partial charge in [-0.2, -0.15) is 0 Å². The van der Waals surface area contributed by atoms with E-state index in [0.717, 1.165) is 0 Å². The van der Waals surface area contributed by atoms with Gasteiger partial charge in [0.25, 0.3) is 17.7 Å². The Bertz CT molecular complexity index is 396. The van der Waals surface area contributed by atoms with Crippen LogP contribution in [0.4, 0.5) is 4.79 Å². The highest BCUT2D eigenvalue weighted by Gasteiger charge is 2.46. The lowest BCUT2D eigenvalue weighted by Crippen LogP contribution is -2.60. The molecule has 18 heavy (non-hydrogen) atoms. The maximum absolute atomic E-state index is 11.7. The van der Waals surface area contributed by atoms with Crippen molar-refractivity contribution in [2.75, 3.05) is 20.7 Å². The molecule has 0 aliphatic carbocycles. The summed E-state index contributed by atoms with van der Waals surface area (Å²) in [6.07, 6.45) is 1.38. The van der Waals surface area contributed by atoms with Gasteiger partial charge >= 0.3 is 6.03 Å². The molecule has 0 bridgehead atoms. The van der Waals surface area contributed by atoms with E-state index in [2.05, 4.69) is 11.4 Å². The van der Waals surface area contributed by atoms with Crippen LogP contribution in [-0.4, -0.2) is 54.3 Å². The normalized spacial score (nSPS) is 17.1. The number of imide groups is 2. The van der Waals surface area contributed by atoms with Crippen molar-refractivity contribution in [1.29, 1.82) is 0 Å². The minimum absolute atomic E-state index is 0.0332. The molecule has 0 unspecified atom stereocenters. The Morgan fingerprint density at radius 1 is 1.33 bits per heavy atom. The Hall–Kier alpha value is -2.22.